The number of fused-ring (bicyclic) bond motifs is 1. The Balaban J connectivity index is 1.23. The maximum Gasteiger partial charge on any atom is 0.414 e. The van der Waals surface area contributed by atoms with Gasteiger partial charge in [0, 0.05) is 13.1 Å². The first-order valence-corrected chi connectivity index (χ1v) is 11.4. The van der Waals surface area contributed by atoms with Gasteiger partial charge in [-0.1, -0.05) is 12.1 Å². The fourth-order valence-electron chi connectivity index (χ4n) is 3.88. The number of hydrogen-bond acceptors (Lipinski definition) is 7. The molecule has 37 heavy (non-hydrogen) atoms. The van der Waals surface area contributed by atoms with Gasteiger partial charge < -0.3 is 20.4 Å². The third kappa shape index (κ3) is 5.22. The van der Waals surface area contributed by atoms with Crippen molar-refractivity contribution in [2.45, 2.75) is 19.6 Å². The van der Waals surface area contributed by atoms with Gasteiger partial charge in [0.15, 0.2) is 0 Å². The van der Waals surface area contributed by atoms with Crippen LogP contribution in [0.3, 0.4) is 0 Å². The van der Waals surface area contributed by atoms with Crippen LogP contribution in [0.15, 0.2) is 54.9 Å². The van der Waals surface area contributed by atoms with E-state index in [1.807, 2.05) is 18.2 Å². The molecular formula is C25H22FN7O4. The van der Waals surface area contributed by atoms with E-state index in [1.165, 1.54) is 30.2 Å². The molecule has 0 aliphatic carbocycles. The average molecular weight is 503 g/mol. The fraction of sp³-hybridized carbons (Fsp3) is 0.200. The molecule has 11 nitrogen and oxygen atoms in total. The largest absolute Gasteiger partial charge is 0.442 e. The second-order valence-electron chi connectivity index (χ2n) is 8.38. The van der Waals surface area contributed by atoms with E-state index >= 15 is 0 Å². The van der Waals surface area contributed by atoms with Crippen LogP contribution in [0.2, 0.25) is 0 Å². The van der Waals surface area contributed by atoms with Crippen LogP contribution in [0.4, 0.5) is 14.9 Å². The van der Waals surface area contributed by atoms with Gasteiger partial charge in [-0.25, -0.2) is 19.2 Å². The molecule has 3 N–H and O–H groups in total. The summed E-state index contributed by atoms with van der Waals surface area (Å²) >= 11 is 0. The van der Waals surface area contributed by atoms with Crippen molar-refractivity contribution in [3.05, 3.63) is 72.1 Å². The summed E-state index contributed by atoms with van der Waals surface area (Å²) in [6.45, 7) is 1.83. The summed E-state index contributed by atoms with van der Waals surface area (Å²) in [5.74, 6) is -0.962. The summed E-state index contributed by atoms with van der Waals surface area (Å²) in [7, 11) is 0. The summed E-state index contributed by atoms with van der Waals surface area (Å²) in [5, 5.41) is 5.33. The molecule has 1 aliphatic heterocycles. The van der Waals surface area contributed by atoms with Crippen LogP contribution in [-0.2, 0) is 16.1 Å². The number of nitrogens with zero attached hydrogens (tertiary/aromatic N) is 4. The normalized spacial score (nSPS) is 15.0. The number of ether oxygens (including phenoxy) is 1. The van der Waals surface area contributed by atoms with E-state index in [1.54, 1.807) is 18.3 Å². The van der Waals surface area contributed by atoms with Gasteiger partial charge in [-0.05, 0) is 30.3 Å². The molecule has 3 heterocycles. The Morgan fingerprint density at radius 2 is 1.97 bits per heavy atom. The fourth-order valence-corrected chi connectivity index (χ4v) is 3.88. The predicted molar refractivity (Wildman–Crippen MR) is 131 cm³/mol. The van der Waals surface area contributed by atoms with Crippen molar-refractivity contribution in [2.24, 2.45) is 0 Å². The number of H-pyrrole nitrogens is 1. The first-order valence-electron chi connectivity index (χ1n) is 11.4. The Hall–Kier alpha value is -4.87. The number of halogens is 1. The molecule has 3 amide bonds. The van der Waals surface area contributed by atoms with E-state index in [9.17, 15) is 18.8 Å². The number of rotatable bonds is 7. The van der Waals surface area contributed by atoms with Gasteiger partial charge in [0.1, 0.15) is 23.4 Å². The lowest BCUT2D eigenvalue weighted by molar-refractivity contribution is -0.119. The number of anilines is 1. The number of imidazole rings is 1. The van der Waals surface area contributed by atoms with E-state index in [-0.39, 0.29) is 42.6 Å². The first kappa shape index (κ1) is 23.9. The molecule has 1 fully saturated rings. The number of hydrogen-bond donors (Lipinski definition) is 3. The SMILES string of the molecule is CC(=O)NC[C@H]1CN(c2ccc(-c3nc(CNC(=O)c4cnc5ccccc5n4)c[nH]3)c(F)c2)C(=O)O1. The molecule has 5 rings (SSSR count). The molecule has 0 spiro atoms. The lowest BCUT2D eigenvalue weighted by Crippen LogP contribution is -2.33. The number of carbonyl (C=O) groups excluding carboxylic acids is 3. The van der Waals surface area contributed by atoms with Crippen LogP contribution >= 0.6 is 0 Å². The van der Waals surface area contributed by atoms with Crippen LogP contribution < -0.4 is 15.5 Å². The van der Waals surface area contributed by atoms with Crippen LogP contribution in [-0.4, -0.2) is 57.0 Å². The van der Waals surface area contributed by atoms with Crippen molar-refractivity contribution < 1.29 is 23.5 Å². The van der Waals surface area contributed by atoms with Gasteiger partial charge >= 0.3 is 6.09 Å². The summed E-state index contributed by atoms with van der Waals surface area (Å²) in [6, 6.07) is 11.6. The summed E-state index contributed by atoms with van der Waals surface area (Å²) < 4.78 is 20.2. The van der Waals surface area contributed by atoms with Gasteiger partial charge in [-0.2, -0.15) is 0 Å². The van der Waals surface area contributed by atoms with Crippen molar-refractivity contribution in [3.63, 3.8) is 0 Å². The number of amides is 3. The van der Waals surface area contributed by atoms with E-state index in [0.717, 1.165) is 0 Å². The number of para-hydroxylation sites is 2. The van der Waals surface area contributed by atoms with Crippen molar-refractivity contribution in [1.82, 2.24) is 30.6 Å². The highest BCUT2D eigenvalue weighted by atomic mass is 19.1. The Morgan fingerprint density at radius 3 is 2.76 bits per heavy atom. The van der Waals surface area contributed by atoms with Crippen LogP contribution in [0, 0.1) is 5.82 Å². The van der Waals surface area contributed by atoms with Gasteiger partial charge in [-0.15, -0.1) is 0 Å². The third-order valence-electron chi connectivity index (χ3n) is 5.71. The summed E-state index contributed by atoms with van der Waals surface area (Å²) in [5.41, 5.74) is 2.49. The van der Waals surface area contributed by atoms with Crippen molar-refractivity contribution in [1.29, 1.82) is 0 Å². The number of aromatic amines is 1. The number of nitrogens with one attached hydrogen (secondary N) is 3. The van der Waals surface area contributed by atoms with Gasteiger partial charge in [0.25, 0.3) is 5.91 Å². The lowest BCUT2D eigenvalue weighted by atomic mass is 10.1. The molecule has 1 atom stereocenters. The Labute approximate surface area is 210 Å². The number of benzene rings is 2. The minimum absolute atomic E-state index is 0.0961. The quantitative estimate of drug-likeness (QED) is 0.352. The van der Waals surface area contributed by atoms with Crippen molar-refractivity contribution in [3.8, 4) is 11.4 Å². The second-order valence-corrected chi connectivity index (χ2v) is 8.38. The molecule has 0 bridgehead atoms. The zero-order chi connectivity index (χ0) is 25.9. The summed E-state index contributed by atoms with van der Waals surface area (Å²) in [4.78, 5) is 52.9. The predicted octanol–water partition coefficient (Wildman–Crippen LogP) is 2.55. The monoisotopic (exact) mass is 503 g/mol. The van der Waals surface area contributed by atoms with Crippen LogP contribution in [0.25, 0.3) is 22.4 Å². The molecule has 4 aromatic rings. The maximum absolute atomic E-state index is 15.0. The van der Waals surface area contributed by atoms with Gasteiger partial charge in [-0.3, -0.25) is 19.5 Å². The minimum atomic E-state index is -0.616. The van der Waals surface area contributed by atoms with Crippen LogP contribution in [0.1, 0.15) is 23.1 Å². The number of aromatic nitrogens is 4. The molecule has 2 aromatic carbocycles. The van der Waals surface area contributed by atoms with Crippen molar-refractivity contribution >= 4 is 34.6 Å². The van der Waals surface area contributed by atoms with E-state index < -0.39 is 23.9 Å². The highest BCUT2D eigenvalue weighted by Gasteiger charge is 2.32. The zero-order valence-electron chi connectivity index (χ0n) is 19.7. The molecule has 188 valence electrons. The van der Waals surface area contributed by atoms with Crippen molar-refractivity contribution in [2.75, 3.05) is 18.0 Å². The third-order valence-corrected chi connectivity index (χ3v) is 5.71. The Bertz CT molecular complexity index is 1510. The molecule has 1 saturated heterocycles. The number of cyclic esters (lactones) is 1. The molecule has 0 radical (unpaired) electrons. The van der Waals surface area contributed by atoms with E-state index in [0.29, 0.717) is 22.4 Å². The van der Waals surface area contributed by atoms with Gasteiger partial charge in [0.2, 0.25) is 5.91 Å². The standard InChI is InChI=1S/C25H22FN7O4/c1-14(34)27-11-17-13-33(25(36)37-17)16-6-7-18(19(26)8-16)23-29-9-15(31-23)10-30-24(35)22-12-28-20-4-2-3-5-21(20)32-22/h2-9,12,17H,10-11,13H2,1H3,(H,27,34)(H,29,31)(H,30,35)/t17-/m0/s1. The molecule has 0 unspecified atom stereocenters. The summed E-state index contributed by atoms with van der Waals surface area (Å²) in [6.07, 6.45) is 1.83. The highest BCUT2D eigenvalue weighted by molar-refractivity contribution is 5.93. The average Bonchev–Trinajstić information content (AvgIpc) is 3.52. The Kier molecular flexibility index (Phi) is 6.45. The molecule has 2 aromatic heterocycles. The van der Waals surface area contributed by atoms with E-state index in [4.69, 9.17) is 4.74 Å². The zero-order valence-corrected chi connectivity index (χ0v) is 19.7. The highest BCUT2D eigenvalue weighted by Crippen LogP contribution is 2.28. The lowest BCUT2D eigenvalue weighted by Gasteiger charge is -2.14. The van der Waals surface area contributed by atoms with Gasteiger partial charge in [0.05, 0.1) is 53.8 Å². The first-order chi connectivity index (χ1) is 17.9. The maximum atomic E-state index is 15.0. The Morgan fingerprint density at radius 1 is 1.16 bits per heavy atom. The minimum Gasteiger partial charge on any atom is -0.442 e. The second kappa shape index (κ2) is 10.0. The molecule has 0 saturated carbocycles. The smallest absolute Gasteiger partial charge is 0.414 e. The molecule has 1 aliphatic rings. The number of carbonyl (C=O) groups is 3. The molecular weight excluding hydrogens is 481 g/mol. The van der Waals surface area contributed by atoms with E-state index in [2.05, 4.69) is 30.6 Å². The van der Waals surface area contributed by atoms with Crippen LogP contribution in [0.5, 0.6) is 0 Å². The molecule has 12 heteroatoms. The topological polar surface area (TPSA) is 142 Å².